The highest BCUT2D eigenvalue weighted by atomic mass is 16.3. The number of fused-ring (bicyclic) bond motifs is 3. The maximum Gasteiger partial charge on any atom is 0.389 e. The second-order valence-corrected chi connectivity index (χ2v) is 8.71. The van der Waals surface area contributed by atoms with E-state index in [2.05, 4.69) is 4.98 Å². The number of hydrogen-bond acceptors (Lipinski definition) is 9. The van der Waals surface area contributed by atoms with Crippen molar-refractivity contribution in [1.29, 1.82) is 5.39 Å². The molecule has 1 aromatic carbocycles. The molecule has 3 aliphatic carbocycles. The fraction of sp³-hybridized carbons (Fsp3) is 0.409. The number of hydrogen-bond donors (Lipinski definition) is 4. The van der Waals surface area contributed by atoms with Gasteiger partial charge >= 0.3 is 5.69 Å². The maximum atomic E-state index is 13.3. The van der Waals surface area contributed by atoms with Gasteiger partial charge in [-0.2, -0.15) is 0 Å². The van der Waals surface area contributed by atoms with Crippen LogP contribution in [0.4, 0.5) is 5.69 Å². The molecule has 1 aromatic rings. The average Bonchev–Trinajstić information content (AvgIpc) is 2.70. The molecule has 0 spiro atoms. The van der Waals surface area contributed by atoms with Gasteiger partial charge in [-0.25, -0.2) is 0 Å². The number of aliphatic hydroxyl groups is 3. The van der Waals surface area contributed by atoms with E-state index in [-0.39, 0.29) is 35.2 Å². The van der Waals surface area contributed by atoms with Crippen LogP contribution in [0.15, 0.2) is 34.8 Å². The van der Waals surface area contributed by atoms with Gasteiger partial charge in [0.1, 0.15) is 22.8 Å². The quantitative estimate of drug-likeness (QED) is 0.396. The fourth-order valence-electron chi connectivity index (χ4n) is 5.43. The first-order chi connectivity index (χ1) is 15.0. The second-order valence-electron chi connectivity index (χ2n) is 8.71. The first kappa shape index (κ1) is 21.7. The zero-order chi connectivity index (χ0) is 23.7. The molecule has 3 aliphatic rings. The second kappa shape index (κ2) is 6.98. The Kier molecular flexibility index (Phi) is 4.73. The van der Waals surface area contributed by atoms with E-state index in [1.54, 1.807) is 14.1 Å². The fourth-order valence-corrected chi connectivity index (χ4v) is 5.43. The number of phenols is 1. The number of carbonyl (C=O) groups excluding carboxylic acids is 3. The van der Waals surface area contributed by atoms with Crippen molar-refractivity contribution in [1.82, 2.24) is 4.90 Å². The summed E-state index contributed by atoms with van der Waals surface area (Å²) in [5.41, 5.74) is -3.29. The van der Waals surface area contributed by atoms with Gasteiger partial charge in [0.2, 0.25) is 11.2 Å². The van der Waals surface area contributed by atoms with Crippen molar-refractivity contribution in [3.05, 3.63) is 50.9 Å². The largest absolute Gasteiger partial charge is 0.510 e. The number of ketones is 3. The Morgan fingerprint density at radius 1 is 1.22 bits per heavy atom. The SMILES string of the molecule is CC(=O)C1=C(O)[C@@H](N(C)C)C2CC3Cc4c([N+]#N)ccc(O)c4C(=O)C3=C(O)[C@]2(O)C1=O. The van der Waals surface area contributed by atoms with Gasteiger partial charge in [0.25, 0.3) is 0 Å². The molecular weight excluding hydrogens is 418 g/mol. The Morgan fingerprint density at radius 3 is 2.44 bits per heavy atom. The molecule has 10 nitrogen and oxygen atoms in total. The molecular formula is C22H22N3O7+. The Labute approximate surface area is 182 Å². The van der Waals surface area contributed by atoms with Crippen molar-refractivity contribution in [3.63, 3.8) is 0 Å². The number of likely N-dealkylation sites (N-methyl/N-ethyl adjacent to an activating group) is 1. The van der Waals surface area contributed by atoms with Crippen LogP contribution >= 0.6 is 0 Å². The molecule has 0 aromatic heterocycles. The summed E-state index contributed by atoms with van der Waals surface area (Å²) in [4.78, 5) is 43.3. The van der Waals surface area contributed by atoms with Crippen LogP contribution in [-0.4, -0.2) is 68.4 Å². The molecule has 166 valence electrons. The lowest BCUT2D eigenvalue weighted by Gasteiger charge is -2.50. The van der Waals surface area contributed by atoms with Crippen LogP contribution in [0.25, 0.3) is 4.98 Å². The molecule has 4 rings (SSSR count). The van der Waals surface area contributed by atoms with Crippen LogP contribution < -0.4 is 0 Å². The minimum absolute atomic E-state index is 0.00539. The number of allylic oxidation sites excluding steroid dienone is 1. The maximum absolute atomic E-state index is 13.3. The molecule has 0 bridgehead atoms. The van der Waals surface area contributed by atoms with Gasteiger partial charge < -0.3 is 20.4 Å². The van der Waals surface area contributed by atoms with Gasteiger partial charge in [0.05, 0.1) is 17.2 Å². The smallest absolute Gasteiger partial charge is 0.389 e. The lowest BCUT2D eigenvalue weighted by Crippen LogP contribution is -2.63. The number of Topliss-reactive ketones (excluding diaryl/α,β-unsaturated/α-hetero) is 3. The van der Waals surface area contributed by atoms with Crippen molar-refractivity contribution >= 4 is 23.0 Å². The van der Waals surface area contributed by atoms with Gasteiger partial charge in [-0.3, -0.25) is 19.3 Å². The standard InChI is InChI=1S/C22H21N3O7/c1-8(26)14-19(29)17(25(2)3)11-7-9-6-10-12(24-23)4-5-13(27)16(10)18(28)15(9)21(31)22(11,32)20(14)30/h4-5,9,11,17,32H,6-7H2,1-3H3,(H2-,26,27,28,29,30,31)/p+1/t9?,11?,17-,22+/m0/s1. The van der Waals surface area contributed by atoms with Crippen LogP contribution in [0, 0.1) is 17.2 Å². The number of diazo groups is 1. The number of carbonyl (C=O) groups is 3. The van der Waals surface area contributed by atoms with Gasteiger partial charge in [0, 0.05) is 17.6 Å². The summed E-state index contributed by atoms with van der Waals surface area (Å²) in [5.74, 6) is -6.29. The molecule has 0 saturated carbocycles. The van der Waals surface area contributed by atoms with Crippen molar-refractivity contribution in [2.75, 3.05) is 14.1 Å². The number of aromatic hydroxyl groups is 1. The minimum atomic E-state index is -2.60. The van der Waals surface area contributed by atoms with E-state index in [0.29, 0.717) is 0 Å². The Bertz CT molecular complexity index is 1210. The summed E-state index contributed by atoms with van der Waals surface area (Å²) in [6.07, 6.45) is 0.0879. The lowest BCUT2D eigenvalue weighted by molar-refractivity contribution is -0.148. The highest BCUT2D eigenvalue weighted by molar-refractivity contribution is 6.25. The Morgan fingerprint density at radius 2 is 1.88 bits per heavy atom. The van der Waals surface area contributed by atoms with Crippen LogP contribution in [0.1, 0.15) is 29.3 Å². The van der Waals surface area contributed by atoms with E-state index < -0.39 is 63.7 Å². The predicted molar refractivity (Wildman–Crippen MR) is 110 cm³/mol. The van der Waals surface area contributed by atoms with Gasteiger partial charge in [0.15, 0.2) is 22.1 Å². The number of rotatable bonds is 2. The highest BCUT2D eigenvalue weighted by Gasteiger charge is 2.63. The highest BCUT2D eigenvalue weighted by Crippen LogP contribution is 2.53. The van der Waals surface area contributed by atoms with Crippen LogP contribution in [-0.2, 0) is 16.0 Å². The van der Waals surface area contributed by atoms with Crippen LogP contribution in [0.2, 0.25) is 0 Å². The van der Waals surface area contributed by atoms with E-state index in [1.165, 1.54) is 17.0 Å². The van der Waals surface area contributed by atoms with E-state index >= 15 is 0 Å². The third-order valence-corrected chi connectivity index (χ3v) is 6.79. The number of benzene rings is 1. The molecule has 10 heteroatoms. The van der Waals surface area contributed by atoms with Crippen molar-refractivity contribution < 1.29 is 34.8 Å². The van der Waals surface area contributed by atoms with Gasteiger partial charge in [-0.05, 0) is 45.8 Å². The summed E-state index contributed by atoms with van der Waals surface area (Å²) in [5, 5.41) is 53.0. The molecule has 0 heterocycles. The number of aliphatic hydroxyl groups excluding tert-OH is 2. The lowest BCUT2D eigenvalue weighted by atomic mass is 9.58. The number of phenolic OH excluding ortho intramolecular Hbond substituents is 1. The molecule has 4 N–H and O–H groups in total. The monoisotopic (exact) mass is 440 g/mol. The third kappa shape index (κ3) is 2.58. The normalized spacial score (nSPS) is 29.4. The average molecular weight is 440 g/mol. The Hall–Kier alpha value is -3.55. The zero-order valence-electron chi connectivity index (χ0n) is 17.7. The molecule has 4 atom stereocenters. The van der Waals surface area contributed by atoms with E-state index in [1.807, 2.05) is 0 Å². The third-order valence-electron chi connectivity index (χ3n) is 6.79. The van der Waals surface area contributed by atoms with E-state index in [4.69, 9.17) is 0 Å². The Balaban J connectivity index is 1.99. The topological polar surface area (TPSA) is 164 Å². The summed E-state index contributed by atoms with van der Waals surface area (Å²) in [7, 11) is 3.18. The molecule has 0 radical (unpaired) electrons. The molecule has 0 fully saturated rings. The minimum Gasteiger partial charge on any atom is -0.510 e. The molecule has 0 saturated heterocycles. The van der Waals surface area contributed by atoms with Gasteiger partial charge in [-0.15, -0.1) is 0 Å². The van der Waals surface area contributed by atoms with Gasteiger partial charge in [-0.1, -0.05) is 0 Å². The van der Waals surface area contributed by atoms with Crippen LogP contribution in [0.3, 0.4) is 0 Å². The first-order valence-corrected chi connectivity index (χ1v) is 10.0. The summed E-state index contributed by atoms with van der Waals surface area (Å²) < 4.78 is 0. The summed E-state index contributed by atoms with van der Waals surface area (Å²) in [6, 6.07) is 1.53. The van der Waals surface area contributed by atoms with Crippen molar-refractivity contribution in [2.24, 2.45) is 11.8 Å². The predicted octanol–water partition coefficient (Wildman–Crippen LogP) is 1.71. The zero-order valence-corrected chi connectivity index (χ0v) is 17.7. The van der Waals surface area contributed by atoms with E-state index in [0.717, 1.165) is 6.92 Å². The molecule has 0 aliphatic heterocycles. The van der Waals surface area contributed by atoms with Crippen molar-refractivity contribution in [2.45, 2.75) is 31.4 Å². The molecule has 0 amide bonds. The summed E-state index contributed by atoms with van der Waals surface area (Å²) >= 11 is 0. The molecule has 32 heavy (non-hydrogen) atoms. The first-order valence-electron chi connectivity index (χ1n) is 10.0. The van der Waals surface area contributed by atoms with Crippen LogP contribution in [0.5, 0.6) is 5.75 Å². The summed E-state index contributed by atoms with van der Waals surface area (Å²) in [6.45, 7) is 1.07. The molecule has 2 unspecified atom stereocenters. The number of nitrogens with zero attached hydrogens (tertiary/aromatic N) is 3. The van der Waals surface area contributed by atoms with Crippen molar-refractivity contribution in [3.8, 4) is 5.75 Å². The van der Waals surface area contributed by atoms with E-state index in [9.17, 15) is 40.2 Å².